The second-order valence-corrected chi connectivity index (χ2v) is 23.7. The molecule has 0 saturated carbocycles. The standard InChI is InChI=1S/C73H67N/c1-41-17-21-51(33-45(41)5)56(52-22-18-42(2)46(6)34-52)30-25-49-23-24-50-26-32-60-69-53(27-31-57(49)68(50)69)37-65-71(60)62-39-63-61(38-64(62)72(65,9)10)70-59-16-14-13-15-58(59)67(40-66(70)73(63,11)12)74(54-28-19-43(3)47(7)35-54)55-29-20-44(4)48(8)36-55/h13-24,26-29,31-40,56H,25,30H2,1-12H3. The molecular weight excluding hydrogens is 891 g/mol. The van der Waals surface area contributed by atoms with E-state index in [9.17, 15) is 0 Å². The molecule has 11 aromatic rings. The lowest BCUT2D eigenvalue weighted by Gasteiger charge is -2.30. The van der Waals surface area contributed by atoms with Crippen molar-refractivity contribution < 1.29 is 0 Å². The molecule has 0 fully saturated rings. The fraction of sp³-hybridized carbons (Fsp3) is 0.233. The molecule has 11 aromatic carbocycles. The molecule has 0 aromatic heterocycles. The third-order valence-corrected chi connectivity index (χ3v) is 18.6. The van der Waals surface area contributed by atoms with Crippen molar-refractivity contribution in [3.05, 3.63) is 241 Å². The Morgan fingerprint density at radius 3 is 1.42 bits per heavy atom. The van der Waals surface area contributed by atoms with Gasteiger partial charge in [-0.15, -0.1) is 0 Å². The Hall–Kier alpha value is -7.48. The van der Waals surface area contributed by atoms with Gasteiger partial charge in [-0.2, -0.15) is 0 Å². The summed E-state index contributed by atoms with van der Waals surface area (Å²) in [4.78, 5) is 2.51. The van der Waals surface area contributed by atoms with Gasteiger partial charge < -0.3 is 4.90 Å². The molecule has 0 saturated heterocycles. The van der Waals surface area contributed by atoms with Crippen molar-refractivity contribution >= 4 is 60.2 Å². The van der Waals surface area contributed by atoms with Gasteiger partial charge in [-0.1, -0.05) is 137 Å². The molecule has 0 bridgehead atoms. The highest BCUT2D eigenvalue weighted by atomic mass is 15.1. The number of rotatable bonds is 8. The van der Waals surface area contributed by atoms with Crippen molar-refractivity contribution in [2.45, 2.75) is 113 Å². The van der Waals surface area contributed by atoms with Crippen molar-refractivity contribution in [1.82, 2.24) is 0 Å². The molecule has 0 atom stereocenters. The van der Waals surface area contributed by atoms with E-state index in [-0.39, 0.29) is 10.8 Å². The summed E-state index contributed by atoms with van der Waals surface area (Å²) in [6.07, 6.45) is 2.04. The van der Waals surface area contributed by atoms with Gasteiger partial charge in [0.15, 0.2) is 0 Å². The van der Waals surface area contributed by atoms with Crippen LogP contribution in [0.25, 0.3) is 65.3 Å². The molecule has 13 rings (SSSR count). The van der Waals surface area contributed by atoms with Crippen LogP contribution in [0, 0.1) is 55.4 Å². The van der Waals surface area contributed by atoms with E-state index in [0.29, 0.717) is 5.92 Å². The minimum Gasteiger partial charge on any atom is -0.310 e. The molecule has 0 N–H and O–H groups in total. The Bertz CT molecular complexity index is 4070. The SMILES string of the molecule is Cc1ccc(C(CCc2ccc3ccc4c5c(cc6ccc2c3c64)C(C)(C)c2cc3c(cc2-5)C(C)(C)c2cc(N(c4ccc(C)c(C)c4)c4ccc(C)c(C)c4)c4ccccc4c2-3)c2ccc(C)c(C)c2)cc1C. The monoisotopic (exact) mass is 958 g/mol. The number of nitrogens with zero attached hydrogens (tertiary/aromatic N) is 1. The van der Waals surface area contributed by atoms with Gasteiger partial charge in [-0.05, 0) is 260 Å². The highest BCUT2D eigenvalue weighted by Crippen LogP contribution is 2.60. The first-order valence-electron chi connectivity index (χ1n) is 27.1. The Balaban J connectivity index is 0.957. The van der Waals surface area contributed by atoms with Crippen LogP contribution in [0.4, 0.5) is 17.1 Å². The number of fused-ring (bicyclic) bond motifs is 9. The van der Waals surface area contributed by atoms with Gasteiger partial charge >= 0.3 is 0 Å². The van der Waals surface area contributed by atoms with E-state index in [2.05, 4.69) is 246 Å². The summed E-state index contributed by atoms with van der Waals surface area (Å²) in [7, 11) is 0. The lowest BCUT2D eigenvalue weighted by atomic mass is 9.79. The Kier molecular flexibility index (Phi) is 10.3. The topological polar surface area (TPSA) is 3.24 Å². The van der Waals surface area contributed by atoms with Crippen LogP contribution in [-0.2, 0) is 17.3 Å². The molecule has 0 radical (unpaired) electrons. The van der Waals surface area contributed by atoms with Crippen LogP contribution in [-0.4, -0.2) is 0 Å². The predicted octanol–water partition coefficient (Wildman–Crippen LogP) is 20.1. The zero-order chi connectivity index (χ0) is 51.3. The minimum atomic E-state index is -0.255. The van der Waals surface area contributed by atoms with Gasteiger partial charge in [-0.25, -0.2) is 0 Å². The zero-order valence-electron chi connectivity index (χ0n) is 45.4. The molecule has 1 heteroatoms. The van der Waals surface area contributed by atoms with Crippen LogP contribution in [0.15, 0.2) is 158 Å². The molecule has 0 amide bonds. The number of hydrogen-bond donors (Lipinski definition) is 0. The van der Waals surface area contributed by atoms with Gasteiger partial charge in [0.05, 0.1) is 5.69 Å². The number of benzene rings is 11. The third kappa shape index (κ3) is 6.81. The van der Waals surface area contributed by atoms with Crippen LogP contribution < -0.4 is 4.90 Å². The Labute approximate surface area is 438 Å². The quantitative estimate of drug-likeness (QED) is 0.137. The number of aryl methyl sites for hydroxylation is 9. The first kappa shape index (κ1) is 46.3. The van der Waals surface area contributed by atoms with Crippen LogP contribution in [0.3, 0.4) is 0 Å². The lowest BCUT2D eigenvalue weighted by molar-refractivity contribution is 0.652. The van der Waals surface area contributed by atoms with Crippen molar-refractivity contribution in [3.8, 4) is 22.3 Å². The first-order valence-corrected chi connectivity index (χ1v) is 27.1. The lowest BCUT2D eigenvalue weighted by Crippen LogP contribution is -2.18. The van der Waals surface area contributed by atoms with E-state index in [0.717, 1.165) is 12.8 Å². The summed E-state index contributed by atoms with van der Waals surface area (Å²) >= 11 is 0. The number of anilines is 3. The summed E-state index contributed by atoms with van der Waals surface area (Å²) in [6.45, 7) is 27.7. The Morgan fingerprint density at radius 1 is 0.378 bits per heavy atom. The highest BCUT2D eigenvalue weighted by molar-refractivity contribution is 6.27. The molecule has 0 heterocycles. The second kappa shape index (κ2) is 16.5. The molecule has 2 aliphatic rings. The average Bonchev–Trinajstić information content (AvgIpc) is 3.76. The predicted molar refractivity (Wildman–Crippen MR) is 318 cm³/mol. The molecule has 364 valence electrons. The van der Waals surface area contributed by atoms with Crippen molar-refractivity contribution in [2.24, 2.45) is 0 Å². The first-order chi connectivity index (χ1) is 35.5. The molecule has 74 heavy (non-hydrogen) atoms. The highest BCUT2D eigenvalue weighted by Gasteiger charge is 2.44. The smallest absolute Gasteiger partial charge is 0.0543 e. The van der Waals surface area contributed by atoms with Crippen LogP contribution in [0.1, 0.15) is 123 Å². The molecule has 0 unspecified atom stereocenters. The Morgan fingerprint density at radius 2 is 0.851 bits per heavy atom. The van der Waals surface area contributed by atoms with Crippen molar-refractivity contribution in [1.29, 1.82) is 0 Å². The zero-order valence-corrected chi connectivity index (χ0v) is 45.4. The van der Waals surface area contributed by atoms with E-state index in [1.54, 1.807) is 0 Å². The van der Waals surface area contributed by atoms with E-state index in [4.69, 9.17) is 0 Å². The van der Waals surface area contributed by atoms with Gasteiger partial charge in [0.25, 0.3) is 0 Å². The molecule has 0 aliphatic heterocycles. The van der Waals surface area contributed by atoms with E-state index < -0.39 is 0 Å². The largest absolute Gasteiger partial charge is 0.310 e. The maximum atomic E-state index is 2.62. The van der Waals surface area contributed by atoms with Crippen LogP contribution in [0.2, 0.25) is 0 Å². The van der Waals surface area contributed by atoms with Gasteiger partial charge in [0.1, 0.15) is 0 Å². The summed E-state index contributed by atoms with van der Waals surface area (Å²) in [5, 5.41) is 10.8. The molecule has 2 aliphatic carbocycles. The fourth-order valence-electron chi connectivity index (χ4n) is 13.5. The van der Waals surface area contributed by atoms with Gasteiger partial charge in [0, 0.05) is 33.5 Å². The van der Waals surface area contributed by atoms with Crippen molar-refractivity contribution in [2.75, 3.05) is 4.90 Å². The third-order valence-electron chi connectivity index (χ3n) is 18.6. The second-order valence-electron chi connectivity index (χ2n) is 23.7. The maximum absolute atomic E-state index is 2.62. The average molecular weight is 958 g/mol. The summed E-state index contributed by atoms with van der Waals surface area (Å²) in [5.41, 5.74) is 29.2. The molecule has 1 nitrogen and oxygen atoms in total. The van der Waals surface area contributed by atoms with Crippen LogP contribution >= 0.6 is 0 Å². The van der Waals surface area contributed by atoms with Crippen molar-refractivity contribution in [3.63, 3.8) is 0 Å². The normalized spacial score (nSPS) is 14.1. The minimum absolute atomic E-state index is 0.195. The number of hydrogen-bond acceptors (Lipinski definition) is 1. The maximum Gasteiger partial charge on any atom is 0.0543 e. The fourth-order valence-corrected chi connectivity index (χ4v) is 13.5. The van der Waals surface area contributed by atoms with E-state index in [1.165, 1.54) is 166 Å². The van der Waals surface area contributed by atoms with E-state index >= 15 is 0 Å². The van der Waals surface area contributed by atoms with Gasteiger partial charge in [-0.3, -0.25) is 0 Å². The van der Waals surface area contributed by atoms with Crippen LogP contribution in [0.5, 0.6) is 0 Å². The van der Waals surface area contributed by atoms with Gasteiger partial charge in [0.2, 0.25) is 0 Å². The summed E-state index contributed by atoms with van der Waals surface area (Å²) in [5.74, 6) is 0.310. The summed E-state index contributed by atoms with van der Waals surface area (Å²) in [6, 6.07) is 62.2. The summed E-state index contributed by atoms with van der Waals surface area (Å²) < 4.78 is 0. The molecule has 0 spiro atoms. The molecular formula is C73H67N. The van der Waals surface area contributed by atoms with E-state index in [1.807, 2.05) is 0 Å².